The summed E-state index contributed by atoms with van der Waals surface area (Å²) in [6.45, 7) is 3.92. The zero-order valence-electron chi connectivity index (χ0n) is 15.8. The van der Waals surface area contributed by atoms with E-state index in [0.29, 0.717) is 43.6 Å². The van der Waals surface area contributed by atoms with E-state index in [4.69, 9.17) is 36.0 Å². The van der Waals surface area contributed by atoms with Gasteiger partial charge in [0.05, 0.1) is 11.1 Å². The molecule has 2 aromatic carbocycles. The molecule has 0 unspecified atom stereocenters. The molecule has 0 aliphatic rings. The van der Waals surface area contributed by atoms with Crippen LogP contribution < -0.4 is 11.0 Å². The van der Waals surface area contributed by atoms with Crippen LogP contribution in [0.3, 0.4) is 0 Å². The van der Waals surface area contributed by atoms with Gasteiger partial charge >= 0.3 is 0 Å². The molecule has 0 fully saturated rings. The molecule has 4 aromatic rings. The van der Waals surface area contributed by atoms with Gasteiger partial charge in [-0.05, 0) is 29.8 Å². The smallest absolute Gasteiger partial charge is 0.260 e. The Morgan fingerprint density at radius 3 is 2.34 bits per heavy atom. The minimum absolute atomic E-state index is 0.0633. The number of nitrogens with one attached hydrogen (secondary N) is 1. The molecule has 0 aliphatic carbocycles. The number of benzene rings is 2. The van der Waals surface area contributed by atoms with Gasteiger partial charge in [-0.1, -0.05) is 66.8 Å². The summed E-state index contributed by atoms with van der Waals surface area (Å²) in [5.41, 5.74) is 3.65. The molecule has 7 heteroatoms. The van der Waals surface area contributed by atoms with E-state index in [1.807, 2.05) is 32.0 Å². The van der Waals surface area contributed by atoms with Crippen molar-refractivity contribution in [3.8, 4) is 22.4 Å². The second-order valence-corrected chi connectivity index (χ2v) is 7.95. The van der Waals surface area contributed by atoms with Crippen molar-refractivity contribution >= 4 is 47.5 Å². The van der Waals surface area contributed by atoms with E-state index in [0.717, 1.165) is 11.1 Å². The molecular formula is C22H16BCl2N3O. The van der Waals surface area contributed by atoms with E-state index in [2.05, 4.69) is 9.97 Å². The van der Waals surface area contributed by atoms with Crippen LogP contribution in [-0.4, -0.2) is 22.8 Å². The number of fused-ring (bicyclic) bond motifs is 1. The number of rotatable bonds is 3. The van der Waals surface area contributed by atoms with Gasteiger partial charge in [0.25, 0.3) is 5.56 Å². The van der Waals surface area contributed by atoms with Crippen LogP contribution in [0.15, 0.2) is 53.3 Å². The molecule has 142 valence electrons. The fraction of sp³-hybridized carbons (Fsp3) is 0.136. The molecule has 0 spiro atoms. The maximum atomic E-state index is 12.7. The molecule has 4 nitrogen and oxygen atoms in total. The molecule has 0 aliphatic heterocycles. The third-order valence-electron chi connectivity index (χ3n) is 4.67. The van der Waals surface area contributed by atoms with Crippen molar-refractivity contribution in [2.75, 3.05) is 0 Å². The summed E-state index contributed by atoms with van der Waals surface area (Å²) in [5, 5.41) is 1.51. The Morgan fingerprint density at radius 1 is 0.966 bits per heavy atom. The fourth-order valence-electron chi connectivity index (χ4n) is 3.13. The Morgan fingerprint density at radius 2 is 1.69 bits per heavy atom. The van der Waals surface area contributed by atoms with Crippen molar-refractivity contribution in [2.24, 2.45) is 0 Å². The maximum absolute atomic E-state index is 12.7. The second kappa shape index (κ2) is 7.66. The highest BCUT2D eigenvalue weighted by Gasteiger charge is 2.17. The zero-order chi connectivity index (χ0) is 20.7. The van der Waals surface area contributed by atoms with Crippen LogP contribution in [-0.2, 0) is 0 Å². The first kappa shape index (κ1) is 19.7. The first-order chi connectivity index (χ1) is 13.8. The van der Waals surface area contributed by atoms with Gasteiger partial charge in [0.1, 0.15) is 13.7 Å². The first-order valence-corrected chi connectivity index (χ1v) is 9.85. The standard InChI is InChI=1S/C22H16BCl2N3O/c1-11(2)20-27-21-17(22(29)28-20)10-16(12-3-6-14(24)7-4-12)19(26-21)15-8-5-13(23)9-18(15)25/h3-11H,1-2H3,(H,26,27,28,29). The van der Waals surface area contributed by atoms with Crippen molar-refractivity contribution in [2.45, 2.75) is 19.8 Å². The van der Waals surface area contributed by atoms with E-state index in [1.54, 1.807) is 30.3 Å². The summed E-state index contributed by atoms with van der Waals surface area (Å²) in [6, 6.07) is 14.4. The van der Waals surface area contributed by atoms with Crippen molar-refractivity contribution in [1.29, 1.82) is 0 Å². The second-order valence-electron chi connectivity index (χ2n) is 7.11. The predicted octanol–water partition coefficient (Wildman–Crippen LogP) is 4.88. The van der Waals surface area contributed by atoms with Crippen molar-refractivity contribution in [1.82, 2.24) is 15.0 Å². The molecular weight excluding hydrogens is 404 g/mol. The Kier molecular flexibility index (Phi) is 5.20. The van der Waals surface area contributed by atoms with Crippen molar-refractivity contribution < 1.29 is 0 Å². The number of H-pyrrole nitrogens is 1. The van der Waals surface area contributed by atoms with E-state index in [9.17, 15) is 4.79 Å². The SMILES string of the molecule is [B]c1ccc(-c2nc3nc(C(C)C)[nH]c(=O)c3cc2-c2ccc(Cl)cc2)c(Cl)c1. The Labute approximate surface area is 179 Å². The van der Waals surface area contributed by atoms with Gasteiger partial charge in [0.15, 0.2) is 5.65 Å². The predicted molar refractivity (Wildman–Crippen MR) is 121 cm³/mol. The number of hydrogen-bond donors (Lipinski definition) is 1. The molecule has 2 radical (unpaired) electrons. The molecule has 0 atom stereocenters. The largest absolute Gasteiger partial charge is 0.310 e. The van der Waals surface area contributed by atoms with Crippen LogP contribution in [0.1, 0.15) is 25.6 Å². The molecule has 0 saturated heterocycles. The summed E-state index contributed by atoms with van der Waals surface area (Å²) < 4.78 is 0. The highest BCUT2D eigenvalue weighted by molar-refractivity contribution is 6.38. The number of nitrogens with zero attached hydrogens (tertiary/aromatic N) is 2. The van der Waals surface area contributed by atoms with Gasteiger partial charge in [-0.3, -0.25) is 4.79 Å². The minimum atomic E-state index is -0.226. The summed E-state index contributed by atoms with van der Waals surface area (Å²) in [4.78, 5) is 24.9. The summed E-state index contributed by atoms with van der Waals surface area (Å²) >= 11 is 12.5. The molecule has 2 heterocycles. The monoisotopic (exact) mass is 419 g/mol. The summed E-state index contributed by atoms with van der Waals surface area (Å²) in [7, 11) is 5.86. The molecule has 0 bridgehead atoms. The Hall–Kier alpha value is -2.63. The number of aromatic nitrogens is 3. The number of pyridine rings is 1. The lowest BCUT2D eigenvalue weighted by Crippen LogP contribution is -2.14. The third kappa shape index (κ3) is 3.80. The van der Waals surface area contributed by atoms with Gasteiger partial charge in [-0.25, -0.2) is 9.97 Å². The maximum Gasteiger partial charge on any atom is 0.260 e. The normalized spacial score (nSPS) is 11.3. The third-order valence-corrected chi connectivity index (χ3v) is 5.23. The Balaban J connectivity index is 2.08. The van der Waals surface area contributed by atoms with Crippen LogP contribution in [0.25, 0.3) is 33.4 Å². The lowest BCUT2D eigenvalue weighted by atomic mass is 9.92. The molecule has 2 aromatic heterocycles. The van der Waals surface area contributed by atoms with E-state index >= 15 is 0 Å². The van der Waals surface area contributed by atoms with Crippen LogP contribution in [0.2, 0.25) is 10.0 Å². The highest BCUT2D eigenvalue weighted by Crippen LogP contribution is 2.36. The van der Waals surface area contributed by atoms with Gasteiger partial charge in [0, 0.05) is 27.1 Å². The van der Waals surface area contributed by atoms with Crippen LogP contribution >= 0.6 is 23.2 Å². The number of aromatic amines is 1. The molecule has 29 heavy (non-hydrogen) atoms. The van der Waals surface area contributed by atoms with Crippen LogP contribution in [0.4, 0.5) is 0 Å². The van der Waals surface area contributed by atoms with Crippen LogP contribution in [0, 0.1) is 0 Å². The van der Waals surface area contributed by atoms with E-state index in [1.165, 1.54) is 0 Å². The lowest BCUT2D eigenvalue weighted by Gasteiger charge is -2.14. The molecule has 4 rings (SSSR count). The van der Waals surface area contributed by atoms with Crippen molar-refractivity contribution in [3.63, 3.8) is 0 Å². The van der Waals surface area contributed by atoms with Gasteiger partial charge in [-0.15, -0.1) is 0 Å². The topological polar surface area (TPSA) is 58.6 Å². The molecule has 1 N–H and O–H groups in total. The first-order valence-electron chi connectivity index (χ1n) is 9.10. The Bertz CT molecular complexity index is 1280. The quantitative estimate of drug-likeness (QED) is 0.481. The fourth-order valence-corrected chi connectivity index (χ4v) is 3.54. The van der Waals surface area contributed by atoms with E-state index in [-0.39, 0.29) is 11.5 Å². The van der Waals surface area contributed by atoms with Gasteiger partial charge in [0.2, 0.25) is 0 Å². The average molecular weight is 420 g/mol. The van der Waals surface area contributed by atoms with Crippen LogP contribution in [0.5, 0.6) is 0 Å². The van der Waals surface area contributed by atoms with E-state index < -0.39 is 0 Å². The molecule has 0 saturated carbocycles. The van der Waals surface area contributed by atoms with Gasteiger partial charge < -0.3 is 4.98 Å². The lowest BCUT2D eigenvalue weighted by molar-refractivity contribution is 0.774. The highest BCUT2D eigenvalue weighted by atomic mass is 35.5. The minimum Gasteiger partial charge on any atom is -0.310 e. The average Bonchev–Trinajstić information content (AvgIpc) is 2.68. The van der Waals surface area contributed by atoms with Gasteiger partial charge in [-0.2, -0.15) is 0 Å². The zero-order valence-corrected chi connectivity index (χ0v) is 17.3. The number of halogens is 2. The summed E-state index contributed by atoms with van der Waals surface area (Å²) in [6.07, 6.45) is 0. The van der Waals surface area contributed by atoms with Crippen molar-refractivity contribution in [3.05, 3.63) is 74.8 Å². The number of hydrogen-bond acceptors (Lipinski definition) is 3. The summed E-state index contributed by atoms with van der Waals surface area (Å²) in [5.74, 6) is 0.650. The molecule has 0 amide bonds.